The van der Waals surface area contributed by atoms with E-state index in [2.05, 4.69) is 10.0 Å². The van der Waals surface area contributed by atoms with Crippen molar-refractivity contribution in [3.05, 3.63) is 0 Å². The summed E-state index contributed by atoms with van der Waals surface area (Å²) in [7, 11) is -3.35. The molecule has 0 aliphatic heterocycles. The molecule has 0 aromatic rings. The van der Waals surface area contributed by atoms with Gasteiger partial charge in [-0.05, 0) is 34.1 Å². The Bertz CT molecular complexity index is 344. The average Bonchev–Trinajstić information content (AvgIpc) is 2.11. The first kappa shape index (κ1) is 16.4. The van der Waals surface area contributed by atoms with Gasteiger partial charge in [0, 0.05) is 5.54 Å². The number of carbonyl (C=O) groups is 1. The van der Waals surface area contributed by atoms with Gasteiger partial charge >= 0.3 is 0 Å². The molecule has 0 rings (SSSR count). The molecule has 0 fully saturated rings. The Morgan fingerprint density at radius 3 is 2.24 bits per heavy atom. The monoisotopic (exact) mass is 264 g/mol. The summed E-state index contributed by atoms with van der Waals surface area (Å²) in [6.07, 6.45) is 1.41. The number of nitrogens with one attached hydrogen (secondary N) is 2. The molecule has 2 N–H and O–H groups in total. The van der Waals surface area contributed by atoms with Crippen molar-refractivity contribution >= 4 is 15.9 Å². The Morgan fingerprint density at radius 1 is 1.29 bits per heavy atom. The number of sulfonamides is 1. The van der Waals surface area contributed by atoms with Gasteiger partial charge in [-0.25, -0.2) is 13.1 Å². The summed E-state index contributed by atoms with van der Waals surface area (Å²) in [6.45, 7) is 9.02. The third kappa shape index (κ3) is 8.15. The zero-order valence-corrected chi connectivity index (χ0v) is 12.1. The van der Waals surface area contributed by atoms with Crippen LogP contribution >= 0.6 is 0 Å². The molecule has 1 atom stereocenters. The lowest BCUT2D eigenvalue weighted by Crippen LogP contribution is -2.51. The van der Waals surface area contributed by atoms with Crippen LogP contribution in [0.2, 0.25) is 0 Å². The normalized spacial score (nSPS) is 14.4. The van der Waals surface area contributed by atoms with Crippen LogP contribution in [0.5, 0.6) is 0 Å². The molecule has 0 radical (unpaired) electrons. The minimum atomic E-state index is -3.35. The molecule has 0 spiro atoms. The van der Waals surface area contributed by atoms with E-state index in [9.17, 15) is 13.2 Å². The number of amides is 1. The first-order valence-electron chi connectivity index (χ1n) is 5.89. The predicted molar refractivity (Wildman–Crippen MR) is 69.2 cm³/mol. The summed E-state index contributed by atoms with van der Waals surface area (Å²) in [4.78, 5) is 11.7. The van der Waals surface area contributed by atoms with Crippen molar-refractivity contribution in [2.45, 2.75) is 59.0 Å². The largest absolute Gasteiger partial charge is 0.350 e. The molecule has 0 aromatic carbocycles. The van der Waals surface area contributed by atoms with Crippen LogP contribution in [0.25, 0.3) is 0 Å². The van der Waals surface area contributed by atoms with E-state index in [0.717, 1.165) is 6.42 Å². The Balaban J connectivity index is 4.34. The van der Waals surface area contributed by atoms with Crippen molar-refractivity contribution in [3.8, 4) is 0 Å². The van der Waals surface area contributed by atoms with Crippen molar-refractivity contribution < 1.29 is 13.2 Å². The molecule has 1 amide bonds. The third-order valence-electron chi connectivity index (χ3n) is 2.01. The summed E-state index contributed by atoms with van der Waals surface area (Å²) >= 11 is 0. The van der Waals surface area contributed by atoms with Gasteiger partial charge in [0.05, 0.1) is 11.8 Å². The Kier molecular flexibility index (Phi) is 6.12. The molecule has 0 saturated carbocycles. The van der Waals surface area contributed by atoms with Crippen LogP contribution in [0.1, 0.15) is 47.5 Å². The topological polar surface area (TPSA) is 75.3 Å². The molecule has 0 unspecified atom stereocenters. The first-order valence-corrected chi connectivity index (χ1v) is 7.54. The van der Waals surface area contributed by atoms with Crippen LogP contribution in [0.4, 0.5) is 0 Å². The Labute approximate surface area is 104 Å². The number of hydrogen-bond donors (Lipinski definition) is 2. The van der Waals surface area contributed by atoms with Crippen LogP contribution in [-0.4, -0.2) is 31.7 Å². The molecule has 0 saturated heterocycles. The SMILES string of the molecule is CCCCS(=O)(=O)N[C@@H](C)C(=O)NC(C)(C)C. The van der Waals surface area contributed by atoms with Gasteiger partial charge in [0.1, 0.15) is 0 Å². The van der Waals surface area contributed by atoms with Gasteiger partial charge in [-0.2, -0.15) is 0 Å². The van der Waals surface area contributed by atoms with E-state index in [4.69, 9.17) is 0 Å². The molecule has 0 aliphatic rings. The number of unbranched alkanes of at least 4 members (excludes halogenated alkanes) is 1. The predicted octanol–water partition coefficient (Wildman–Crippen LogP) is 1.01. The van der Waals surface area contributed by atoms with E-state index in [1.165, 1.54) is 0 Å². The van der Waals surface area contributed by atoms with Gasteiger partial charge in [-0.15, -0.1) is 0 Å². The molecule has 0 aliphatic carbocycles. The Hall–Kier alpha value is -0.620. The fraction of sp³-hybridized carbons (Fsp3) is 0.909. The highest BCUT2D eigenvalue weighted by atomic mass is 32.2. The lowest BCUT2D eigenvalue weighted by atomic mass is 10.1. The highest BCUT2D eigenvalue weighted by molar-refractivity contribution is 7.89. The quantitative estimate of drug-likeness (QED) is 0.752. The maximum atomic E-state index is 11.7. The average molecular weight is 264 g/mol. The smallest absolute Gasteiger partial charge is 0.238 e. The van der Waals surface area contributed by atoms with Crippen molar-refractivity contribution in [2.75, 3.05) is 5.75 Å². The van der Waals surface area contributed by atoms with E-state index in [1.807, 2.05) is 27.7 Å². The fourth-order valence-corrected chi connectivity index (χ4v) is 2.63. The summed E-state index contributed by atoms with van der Waals surface area (Å²) in [5, 5.41) is 2.73. The van der Waals surface area contributed by atoms with Gasteiger partial charge in [-0.1, -0.05) is 13.3 Å². The van der Waals surface area contributed by atoms with Gasteiger partial charge in [0.2, 0.25) is 15.9 Å². The second-order valence-corrected chi connectivity index (χ2v) is 7.12. The van der Waals surface area contributed by atoms with Crippen molar-refractivity contribution in [1.29, 1.82) is 0 Å². The zero-order valence-electron chi connectivity index (χ0n) is 11.3. The second kappa shape index (κ2) is 6.35. The minimum absolute atomic E-state index is 0.0661. The number of carbonyl (C=O) groups excluding carboxylic acids is 1. The van der Waals surface area contributed by atoms with Crippen LogP contribution in [0.15, 0.2) is 0 Å². The fourth-order valence-electron chi connectivity index (χ4n) is 1.19. The van der Waals surface area contributed by atoms with Gasteiger partial charge in [0.15, 0.2) is 0 Å². The first-order chi connectivity index (χ1) is 7.57. The molecule has 6 heteroatoms. The molecular weight excluding hydrogens is 240 g/mol. The molecular formula is C11H24N2O3S. The van der Waals surface area contributed by atoms with Gasteiger partial charge in [-0.3, -0.25) is 4.79 Å². The molecule has 5 nitrogen and oxygen atoms in total. The Morgan fingerprint density at radius 2 is 1.82 bits per heavy atom. The van der Waals surface area contributed by atoms with Crippen LogP contribution in [-0.2, 0) is 14.8 Å². The maximum absolute atomic E-state index is 11.7. The van der Waals surface area contributed by atoms with Crippen molar-refractivity contribution in [1.82, 2.24) is 10.0 Å². The highest BCUT2D eigenvalue weighted by Crippen LogP contribution is 2.01. The van der Waals surface area contributed by atoms with E-state index in [0.29, 0.717) is 6.42 Å². The molecule has 102 valence electrons. The molecule has 17 heavy (non-hydrogen) atoms. The van der Waals surface area contributed by atoms with E-state index < -0.39 is 16.1 Å². The number of rotatable bonds is 6. The van der Waals surface area contributed by atoms with Gasteiger partial charge in [0.25, 0.3) is 0 Å². The lowest BCUT2D eigenvalue weighted by molar-refractivity contribution is -0.123. The third-order valence-corrected chi connectivity index (χ3v) is 3.55. The van der Waals surface area contributed by atoms with Crippen LogP contribution in [0.3, 0.4) is 0 Å². The van der Waals surface area contributed by atoms with Gasteiger partial charge < -0.3 is 5.32 Å². The molecule has 0 aromatic heterocycles. The lowest BCUT2D eigenvalue weighted by Gasteiger charge is -2.23. The summed E-state index contributed by atoms with van der Waals surface area (Å²) < 4.78 is 25.5. The maximum Gasteiger partial charge on any atom is 0.238 e. The standard InChI is InChI=1S/C11H24N2O3S/c1-6-7-8-17(15,16)13-9(2)10(14)12-11(3,4)5/h9,13H,6-8H2,1-5H3,(H,12,14)/t9-/m0/s1. The van der Waals surface area contributed by atoms with Crippen molar-refractivity contribution in [2.24, 2.45) is 0 Å². The highest BCUT2D eigenvalue weighted by Gasteiger charge is 2.22. The second-order valence-electron chi connectivity index (χ2n) is 5.25. The molecule has 0 bridgehead atoms. The van der Waals surface area contributed by atoms with Crippen LogP contribution < -0.4 is 10.0 Å². The van der Waals surface area contributed by atoms with E-state index in [1.54, 1.807) is 6.92 Å². The summed E-state index contributed by atoms with van der Waals surface area (Å²) in [5.41, 5.74) is -0.361. The minimum Gasteiger partial charge on any atom is -0.350 e. The number of hydrogen-bond acceptors (Lipinski definition) is 3. The zero-order chi connectivity index (χ0) is 13.7. The summed E-state index contributed by atoms with van der Waals surface area (Å²) in [5.74, 6) is -0.242. The molecule has 0 heterocycles. The van der Waals surface area contributed by atoms with E-state index in [-0.39, 0.29) is 17.2 Å². The van der Waals surface area contributed by atoms with Crippen molar-refractivity contribution in [3.63, 3.8) is 0 Å². The van der Waals surface area contributed by atoms with E-state index >= 15 is 0 Å². The summed E-state index contributed by atoms with van der Waals surface area (Å²) in [6, 6.07) is -0.740. The van der Waals surface area contributed by atoms with Crippen LogP contribution in [0, 0.1) is 0 Å².